The lowest BCUT2D eigenvalue weighted by molar-refractivity contribution is -0.144. The fourth-order valence-electron chi connectivity index (χ4n) is 3.23. The highest BCUT2D eigenvalue weighted by molar-refractivity contribution is 7.14. The number of carbonyl (C=O) groups excluding carboxylic acids is 2. The second-order valence-corrected chi connectivity index (χ2v) is 7.90. The number of nitrogens with zero attached hydrogens (tertiary/aromatic N) is 1. The van der Waals surface area contributed by atoms with Gasteiger partial charge in [-0.15, -0.1) is 11.3 Å². The maximum absolute atomic E-state index is 12.2. The van der Waals surface area contributed by atoms with Crippen molar-refractivity contribution < 1.29 is 14.3 Å². The number of hydrogen-bond acceptors (Lipinski definition) is 5. The molecule has 0 bridgehead atoms. The summed E-state index contributed by atoms with van der Waals surface area (Å²) in [5.74, 6) is -0.412. The number of aromatic nitrogens is 1. The van der Waals surface area contributed by atoms with Crippen LogP contribution in [-0.2, 0) is 16.1 Å². The van der Waals surface area contributed by atoms with Crippen LogP contribution in [0.2, 0.25) is 0 Å². The molecule has 0 saturated heterocycles. The van der Waals surface area contributed by atoms with Crippen molar-refractivity contribution in [1.82, 2.24) is 4.98 Å². The Morgan fingerprint density at radius 1 is 0.893 bits per heavy atom. The Balaban J connectivity index is 1.46. The van der Waals surface area contributed by atoms with E-state index in [1.807, 2.05) is 61.5 Å². The van der Waals surface area contributed by atoms with Crippen molar-refractivity contribution in [2.45, 2.75) is 26.4 Å². The first kappa shape index (κ1) is 18.3. The molecule has 0 fully saturated rings. The van der Waals surface area contributed by atoms with Crippen molar-refractivity contribution in [3.05, 3.63) is 76.1 Å². The van der Waals surface area contributed by atoms with E-state index >= 15 is 0 Å². The van der Waals surface area contributed by atoms with E-state index in [1.165, 1.54) is 11.3 Å². The van der Waals surface area contributed by atoms with E-state index in [4.69, 9.17) is 4.74 Å². The second kappa shape index (κ2) is 7.90. The molecule has 2 aromatic carbocycles. The molecule has 28 heavy (non-hydrogen) atoms. The molecule has 4 nitrogen and oxygen atoms in total. The third-order valence-corrected chi connectivity index (χ3v) is 5.67. The van der Waals surface area contributed by atoms with Crippen LogP contribution in [0.25, 0.3) is 21.7 Å². The van der Waals surface area contributed by atoms with Crippen molar-refractivity contribution >= 4 is 44.8 Å². The Labute approximate surface area is 166 Å². The summed E-state index contributed by atoms with van der Waals surface area (Å²) in [6, 6.07) is 19.6. The SMILES string of the molecule is Cc1ccc(C(=O)CCC(=O)OCc2nc3ccccc3c3ccccc23)s1. The minimum absolute atomic E-state index is 0.0238. The van der Waals surface area contributed by atoms with Gasteiger partial charge in [-0.2, -0.15) is 0 Å². The molecule has 4 rings (SSSR count). The lowest BCUT2D eigenvalue weighted by Crippen LogP contribution is -2.08. The van der Waals surface area contributed by atoms with Gasteiger partial charge >= 0.3 is 5.97 Å². The first-order chi connectivity index (χ1) is 13.6. The van der Waals surface area contributed by atoms with Crippen molar-refractivity contribution in [2.24, 2.45) is 0 Å². The summed E-state index contributed by atoms with van der Waals surface area (Å²) in [5, 5.41) is 3.13. The molecular weight excluding hydrogens is 370 g/mol. The number of esters is 1. The Kier molecular flexibility index (Phi) is 5.17. The van der Waals surface area contributed by atoms with E-state index in [0.29, 0.717) is 4.88 Å². The Hall–Kier alpha value is -3.05. The molecule has 4 aromatic rings. The van der Waals surface area contributed by atoms with Gasteiger partial charge in [0.15, 0.2) is 5.78 Å². The van der Waals surface area contributed by atoms with Crippen LogP contribution in [0.5, 0.6) is 0 Å². The standard InChI is InChI=1S/C23H19NO3S/c1-15-10-12-22(28-15)21(25)11-13-23(26)27-14-20-18-8-3-2-6-16(18)17-7-4-5-9-19(17)24-20/h2-10,12H,11,13-14H2,1H3. The lowest BCUT2D eigenvalue weighted by atomic mass is 10.0. The highest BCUT2D eigenvalue weighted by Crippen LogP contribution is 2.26. The van der Waals surface area contributed by atoms with Crippen LogP contribution in [0.4, 0.5) is 0 Å². The zero-order chi connectivity index (χ0) is 19.5. The number of thiophene rings is 1. The molecule has 0 unspecified atom stereocenters. The van der Waals surface area contributed by atoms with Crippen LogP contribution in [0.1, 0.15) is 33.1 Å². The van der Waals surface area contributed by atoms with E-state index < -0.39 is 0 Å². The average Bonchev–Trinajstić information content (AvgIpc) is 3.16. The van der Waals surface area contributed by atoms with E-state index in [2.05, 4.69) is 4.98 Å². The van der Waals surface area contributed by atoms with Crippen LogP contribution < -0.4 is 0 Å². The Morgan fingerprint density at radius 2 is 1.61 bits per heavy atom. The zero-order valence-corrected chi connectivity index (χ0v) is 16.3. The monoisotopic (exact) mass is 389 g/mol. The van der Waals surface area contributed by atoms with Gasteiger partial charge in [-0.05, 0) is 30.5 Å². The fraction of sp³-hybridized carbons (Fsp3) is 0.174. The molecule has 0 spiro atoms. The van der Waals surface area contributed by atoms with Gasteiger partial charge in [0, 0.05) is 22.1 Å². The minimum Gasteiger partial charge on any atom is -0.459 e. The molecular formula is C23H19NO3S. The summed E-state index contributed by atoms with van der Waals surface area (Å²) in [4.78, 5) is 30.8. The van der Waals surface area contributed by atoms with E-state index in [0.717, 1.165) is 32.2 Å². The molecule has 5 heteroatoms. The number of carbonyl (C=O) groups is 2. The smallest absolute Gasteiger partial charge is 0.306 e. The molecule has 140 valence electrons. The normalized spacial score (nSPS) is 11.0. The van der Waals surface area contributed by atoms with Gasteiger partial charge in [-0.1, -0.05) is 42.5 Å². The fourth-order valence-corrected chi connectivity index (χ4v) is 4.06. The molecule has 0 amide bonds. The summed E-state index contributed by atoms with van der Waals surface area (Å²) < 4.78 is 5.43. The summed E-state index contributed by atoms with van der Waals surface area (Å²) in [7, 11) is 0. The number of aryl methyl sites for hydroxylation is 1. The summed E-state index contributed by atoms with van der Waals surface area (Å²) in [6.07, 6.45) is 0.228. The van der Waals surface area contributed by atoms with Crippen LogP contribution in [0.3, 0.4) is 0 Å². The number of hydrogen-bond donors (Lipinski definition) is 0. The van der Waals surface area contributed by atoms with Gasteiger partial charge in [0.05, 0.1) is 22.5 Å². The second-order valence-electron chi connectivity index (χ2n) is 6.62. The summed E-state index contributed by atoms with van der Waals surface area (Å²) >= 11 is 1.45. The van der Waals surface area contributed by atoms with Crippen molar-refractivity contribution in [3.8, 4) is 0 Å². The summed E-state index contributed by atoms with van der Waals surface area (Å²) in [6.45, 7) is 2.05. The first-order valence-corrected chi connectivity index (χ1v) is 9.95. The van der Waals surface area contributed by atoms with Crippen LogP contribution >= 0.6 is 11.3 Å². The predicted octanol–water partition coefficient (Wildman–Crippen LogP) is 5.46. The van der Waals surface area contributed by atoms with Gasteiger partial charge in [0.1, 0.15) is 6.61 Å². The van der Waals surface area contributed by atoms with Crippen molar-refractivity contribution in [3.63, 3.8) is 0 Å². The molecule has 2 heterocycles. The number of rotatable bonds is 6. The van der Waals surface area contributed by atoms with E-state index in [1.54, 1.807) is 6.07 Å². The molecule has 0 aliphatic rings. The molecule has 0 radical (unpaired) electrons. The van der Waals surface area contributed by atoms with Gasteiger partial charge < -0.3 is 4.74 Å². The third kappa shape index (κ3) is 3.80. The number of benzene rings is 2. The molecule has 0 N–H and O–H groups in total. The molecule has 0 aliphatic carbocycles. The van der Waals surface area contributed by atoms with Gasteiger partial charge in [0.2, 0.25) is 0 Å². The molecule has 2 aromatic heterocycles. The van der Waals surface area contributed by atoms with Crippen LogP contribution in [0, 0.1) is 6.92 Å². The zero-order valence-electron chi connectivity index (χ0n) is 15.5. The quantitative estimate of drug-likeness (QED) is 0.249. The van der Waals surface area contributed by atoms with E-state index in [9.17, 15) is 9.59 Å². The van der Waals surface area contributed by atoms with Gasteiger partial charge in [-0.3, -0.25) is 9.59 Å². The maximum atomic E-state index is 12.2. The lowest BCUT2D eigenvalue weighted by Gasteiger charge is -2.10. The third-order valence-electron chi connectivity index (χ3n) is 4.63. The number of Topliss-reactive ketones (excluding diaryl/α,β-unsaturated/α-hetero) is 1. The topological polar surface area (TPSA) is 56.3 Å². The summed E-state index contributed by atoms with van der Waals surface area (Å²) in [5.41, 5.74) is 1.60. The molecule has 0 atom stereocenters. The Morgan fingerprint density at radius 3 is 2.36 bits per heavy atom. The van der Waals surface area contributed by atoms with Crippen molar-refractivity contribution in [2.75, 3.05) is 0 Å². The molecule has 0 saturated carbocycles. The molecule has 0 aliphatic heterocycles. The number of ether oxygens (including phenoxy) is 1. The van der Waals surface area contributed by atoms with E-state index in [-0.39, 0.29) is 31.2 Å². The average molecular weight is 389 g/mol. The van der Waals surface area contributed by atoms with Gasteiger partial charge in [0.25, 0.3) is 0 Å². The highest BCUT2D eigenvalue weighted by Gasteiger charge is 2.14. The number of pyridine rings is 1. The number of fused-ring (bicyclic) bond motifs is 3. The predicted molar refractivity (Wildman–Crippen MR) is 112 cm³/mol. The number of para-hydroxylation sites is 1. The van der Waals surface area contributed by atoms with Crippen molar-refractivity contribution in [1.29, 1.82) is 0 Å². The largest absolute Gasteiger partial charge is 0.459 e. The first-order valence-electron chi connectivity index (χ1n) is 9.13. The highest BCUT2D eigenvalue weighted by atomic mass is 32.1. The van der Waals surface area contributed by atoms with Crippen LogP contribution in [-0.4, -0.2) is 16.7 Å². The Bertz CT molecular complexity index is 1180. The van der Waals surface area contributed by atoms with Gasteiger partial charge in [-0.25, -0.2) is 4.98 Å². The minimum atomic E-state index is -0.388. The number of ketones is 1. The van der Waals surface area contributed by atoms with Crippen LogP contribution in [0.15, 0.2) is 60.7 Å². The maximum Gasteiger partial charge on any atom is 0.306 e.